The van der Waals surface area contributed by atoms with Crippen molar-refractivity contribution in [2.24, 2.45) is 0 Å². The maximum Gasteiger partial charge on any atom is 0.219 e. The van der Waals surface area contributed by atoms with Gasteiger partial charge >= 0.3 is 0 Å². The molecule has 0 radical (unpaired) electrons. The summed E-state index contributed by atoms with van der Waals surface area (Å²) in [5, 5.41) is 6.83. The Bertz CT molecular complexity index is 484. The molecule has 2 heterocycles. The molecule has 6 heteroatoms. The lowest BCUT2D eigenvalue weighted by Crippen LogP contribution is -2.45. The van der Waals surface area contributed by atoms with E-state index in [1.54, 1.807) is 31.3 Å². The molecule has 1 aliphatic heterocycles. The second-order valence-electron chi connectivity index (χ2n) is 5.07. The van der Waals surface area contributed by atoms with E-state index in [1.165, 1.54) is 0 Å². The number of aromatic amines is 1. The number of fused-ring (bicyclic) bond motifs is 1. The van der Waals surface area contributed by atoms with Gasteiger partial charge in [-0.05, 0) is 20.8 Å². The molecular formula is C10H17N3O2S. The first-order chi connectivity index (χ1) is 7.32. The van der Waals surface area contributed by atoms with Gasteiger partial charge in [-0.1, -0.05) is 0 Å². The Morgan fingerprint density at radius 3 is 2.75 bits per heavy atom. The molecule has 16 heavy (non-hydrogen) atoms. The van der Waals surface area contributed by atoms with Crippen LogP contribution in [0.15, 0.2) is 6.20 Å². The summed E-state index contributed by atoms with van der Waals surface area (Å²) >= 11 is 0. The van der Waals surface area contributed by atoms with Crippen molar-refractivity contribution in [2.75, 3.05) is 6.54 Å². The molecule has 5 nitrogen and oxygen atoms in total. The molecule has 1 N–H and O–H groups in total. The van der Waals surface area contributed by atoms with Crippen LogP contribution in [0.5, 0.6) is 0 Å². The van der Waals surface area contributed by atoms with Crippen molar-refractivity contribution < 1.29 is 8.42 Å². The summed E-state index contributed by atoms with van der Waals surface area (Å²) < 4.78 is 25.3. The Labute approximate surface area is 95.9 Å². The summed E-state index contributed by atoms with van der Waals surface area (Å²) in [6, 6.07) is 0. The van der Waals surface area contributed by atoms with Gasteiger partial charge in [-0.25, -0.2) is 8.42 Å². The SMILES string of the molecule is CC(C)(C)S(=O)(=O)N1CCc2[nH]ncc2C1. The number of nitrogens with zero attached hydrogens (tertiary/aromatic N) is 2. The highest BCUT2D eigenvalue weighted by atomic mass is 32.2. The lowest BCUT2D eigenvalue weighted by Gasteiger charge is -2.32. The molecule has 0 spiro atoms. The molecule has 0 unspecified atom stereocenters. The smallest absolute Gasteiger partial charge is 0.219 e. The average molecular weight is 243 g/mol. The van der Waals surface area contributed by atoms with E-state index in [1.807, 2.05) is 0 Å². The van der Waals surface area contributed by atoms with E-state index in [-0.39, 0.29) is 0 Å². The van der Waals surface area contributed by atoms with E-state index >= 15 is 0 Å². The average Bonchev–Trinajstić information content (AvgIpc) is 2.61. The first kappa shape index (κ1) is 11.6. The topological polar surface area (TPSA) is 66.1 Å². The van der Waals surface area contributed by atoms with Crippen molar-refractivity contribution in [3.63, 3.8) is 0 Å². The van der Waals surface area contributed by atoms with Crippen molar-refractivity contribution in [1.82, 2.24) is 14.5 Å². The third kappa shape index (κ3) is 1.76. The second kappa shape index (κ2) is 3.56. The minimum Gasteiger partial charge on any atom is -0.282 e. The fourth-order valence-electron chi connectivity index (χ4n) is 1.79. The third-order valence-electron chi connectivity index (χ3n) is 2.88. The first-order valence-corrected chi connectivity index (χ1v) is 6.77. The molecule has 2 rings (SSSR count). The first-order valence-electron chi connectivity index (χ1n) is 5.33. The van der Waals surface area contributed by atoms with E-state index in [4.69, 9.17) is 0 Å². The third-order valence-corrected chi connectivity index (χ3v) is 5.42. The van der Waals surface area contributed by atoms with E-state index in [0.29, 0.717) is 19.5 Å². The summed E-state index contributed by atoms with van der Waals surface area (Å²) in [6.45, 7) is 6.16. The van der Waals surface area contributed by atoms with Crippen LogP contribution in [0.4, 0.5) is 0 Å². The molecule has 0 saturated carbocycles. The van der Waals surface area contributed by atoms with Gasteiger partial charge in [0.15, 0.2) is 0 Å². The van der Waals surface area contributed by atoms with Crippen LogP contribution in [0.25, 0.3) is 0 Å². The molecule has 0 fully saturated rings. The predicted molar refractivity (Wildman–Crippen MR) is 61.4 cm³/mol. The number of hydrogen-bond donors (Lipinski definition) is 1. The Kier molecular flexibility index (Phi) is 2.58. The van der Waals surface area contributed by atoms with Crippen LogP contribution < -0.4 is 0 Å². The number of nitrogens with one attached hydrogen (secondary N) is 1. The Balaban J connectivity index is 2.28. The van der Waals surface area contributed by atoms with Crippen molar-refractivity contribution in [2.45, 2.75) is 38.5 Å². The molecule has 0 saturated heterocycles. The Hall–Kier alpha value is -0.880. The molecule has 1 aliphatic rings. The fourth-order valence-corrected chi connectivity index (χ4v) is 3.20. The van der Waals surface area contributed by atoms with Crippen molar-refractivity contribution >= 4 is 10.0 Å². The van der Waals surface area contributed by atoms with Crippen LogP contribution >= 0.6 is 0 Å². The van der Waals surface area contributed by atoms with Gasteiger partial charge < -0.3 is 0 Å². The lowest BCUT2D eigenvalue weighted by molar-refractivity contribution is 0.375. The molecule has 0 atom stereocenters. The summed E-state index contributed by atoms with van der Waals surface area (Å²) in [4.78, 5) is 0. The zero-order chi connectivity index (χ0) is 12.0. The van der Waals surface area contributed by atoms with E-state index in [2.05, 4.69) is 10.2 Å². The number of rotatable bonds is 1. The van der Waals surface area contributed by atoms with E-state index < -0.39 is 14.8 Å². The largest absolute Gasteiger partial charge is 0.282 e. The summed E-state index contributed by atoms with van der Waals surface area (Å²) in [6.07, 6.45) is 2.42. The minimum atomic E-state index is -3.23. The molecule has 0 bridgehead atoms. The Morgan fingerprint density at radius 1 is 1.44 bits per heavy atom. The highest BCUT2D eigenvalue weighted by Gasteiger charge is 2.37. The van der Waals surface area contributed by atoms with Crippen LogP contribution in [0.2, 0.25) is 0 Å². The quantitative estimate of drug-likeness (QED) is 0.796. The fraction of sp³-hybridized carbons (Fsp3) is 0.700. The van der Waals surface area contributed by atoms with Gasteiger partial charge in [0.2, 0.25) is 10.0 Å². The monoisotopic (exact) mass is 243 g/mol. The summed E-state index contributed by atoms with van der Waals surface area (Å²) in [5.74, 6) is 0. The highest BCUT2D eigenvalue weighted by molar-refractivity contribution is 7.90. The maximum atomic E-state index is 12.2. The van der Waals surface area contributed by atoms with E-state index in [0.717, 1.165) is 11.3 Å². The van der Waals surface area contributed by atoms with Gasteiger partial charge in [0.05, 0.1) is 10.9 Å². The van der Waals surface area contributed by atoms with Crippen molar-refractivity contribution in [3.8, 4) is 0 Å². The van der Waals surface area contributed by atoms with Gasteiger partial charge in [-0.15, -0.1) is 0 Å². The van der Waals surface area contributed by atoms with E-state index in [9.17, 15) is 8.42 Å². The molecule has 0 aliphatic carbocycles. The van der Waals surface area contributed by atoms with Crippen LogP contribution in [0.1, 0.15) is 32.0 Å². The molecule has 1 aromatic heterocycles. The maximum absolute atomic E-state index is 12.2. The molecule has 0 amide bonds. The van der Waals surface area contributed by atoms with Crippen LogP contribution in [0.3, 0.4) is 0 Å². The number of H-pyrrole nitrogens is 1. The van der Waals surface area contributed by atoms with Crippen molar-refractivity contribution in [3.05, 3.63) is 17.5 Å². The van der Waals surface area contributed by atoms with Gasteiger partial charge in [0.1, 0.15) is 0 Å². The molecule has 0 aromatic carbocycles. The van der Waals surface area contributed by atoms with Crippen LogP contribution in [-0.4, -0.2) is 34.2 Å². The molecule has 90 valence electrons. The van der Waals surface area contributed by atoms with Crippen LogP contribution in [0, 0.1) is 0 Å². The molecule has 1 aromatic rings. The zero-order valence-corrected chi connectivity index (χ0v) is 10.6. The van der Waals surface area contributed by atoms with Crippen molar-refractivity contribution in [1.29, 1.82) is 0 Å². The number of hydrogen-bond acceptors (Lipinski definition) is 3. The summed E-state index contributed by atoms with van der Waals surface area (Å²) in [5.41, 5.74) is 2.04. The van der Waals surface area contributed by atoms with Gasteiger partial charge in [0.25, 0.3) is 0 Å². The van der Waals surface area contributed by atoms with Gasteiger partial charge in [-0.2, -0.15) is 9.40 Å². The number of sulfonamides is 1. The lowest BCUT2D eigenvalue weighted by atomic mass is 10.1. The molecular weight excluding hydrogens is 226 g/mol. The Morgan fingerprint density at radius 2 is 2.12 bits per heavy atom. The van der Waals surface area contributed by atoms with Gasteiger partial charge in [0, 0.05) is 30.8 Å². The second-order valence-corrected chi connectivity index (χ2v) is 7.77. The minimum absolute atomic E-state index is 0.436. The summed E-state index contributed by atoms with van der Waals surface area (Å²) in [7, 11) is -3.23. The van der Waals surface area contributed by atoms with Gasteiger partial charge in [-0.3, -0.25) is 5.10 Å². The van der Waals surface area contributed by atoms with Crippen LogP contribution in [-0.2, 0) is 23.0 Å². The predicted octanol–water partition coefficient (Wildman–Crippen LogP) is 0.896. The normalized spacial score (nSPS) is 18.4. The zero-order valence-electron chi connectivity index (χ0n) is 9.82. The number of aromatic nitrogens is 2. The highest BCUT2D eigenvalue weighted by Crippen LogP contribution is 2.25. The standard InChI is InChI=1S/C10H17N3O2S/c1-10(2,3)16(14,15)13-5-4-9-8(7-13)6-11-12-9/h6H,4-5,7H2,1-3H3,(H,11,12).